The SMILES string of the molecule is CCN1CCN(CC(CO)NC)CC1. The Bertz CT molecular complexity index is 142. The van der Waals surface area contributed by atoms with Crippen molar-refractivity contribution in [2.24, 2.45) is 0 Å². The Morgan fingerprint density at radius 1 is 1.21 bits per heavy atom. The fourth-order valence-corrected chi connectivity index (χ4v) is 1.84. The minimum absolute atomic E-state index is 0.225. The summed E-state index contributed by atoms with van der Waals surface area (Å²) in [5, 5.41) is 12.2. The van der Waals surface area contributed by atoms with Gasteiger partial charge in [-0.2, -0.15) is 0 Å². The summed E-state index contributed by atoms with van der Waals surface area (Å²) in [7, 11) is 1.91. The molecule has 1 aliphatic rings. The van der Waals surface area contributed by atoms with Gasteiger partial charge < -0.3 is 15.3 Å². The minimum Gasteiger partial charge on any atom is -0.395 e. The lowest BCUT2D eigenvalue weighted by Gasteiger charge is -2.35. The molecule has 0 bridgehead atoms. The van der Waals surface area contributed by atoms with E-state index in [2.05, 4.69) is 22.0 Å². The number of hydrogen-bond acceptors (Lipinski definition) is 4. The summed E-state index contributed by atoms with van der Waals surface area (Å²) in [5.41, 5.74) is 0. The van der Waals surface area contributed by atoms with Crippen molar-refractivity contribution in [1.82, 2.24) is 15.1 Å². The van der Waals surface area contributed by atoms with E-state index in [9.17, 15) is 0 Å². The highest BCUT2D eigenvalue weighted by Crippen LogP contribution is 2.01. The molecule has 0 spiro atoms. The average Bonchev–Trinajstić information content (AvgIpc) is 2.26. The van der Waals surface area contributed by atoms with Crippen LogP contribution in [0.15, 0.2) is 0 Å². The van der Waals surface area contributed by atoms with Gasteiger partial charge >= 0.3 is 0 Å². The molecule has 0 aromatic rings. The van der Waals surface area contributed by atoms with Gasteiger partial charge in [-0.1, -0.05) is 6.92 Å². The molecule has 1 saturated heterocycles. The maximum atomic E-state index is 9.06. The van der Waals surface area contributed by atoms with Crippen LogP contribution in [-0.2, 0) is 0 Å². The molecule has 0 radical (unpaired) electrons. The number of likely N-dealkylation sites (N-methyl/N-ethyl adjacent to an activating group) is 2. The van der Waals surface area contributed by atoms with E-state index in [1.54, 1.807) is 0 Å². The molecule has 4 heteroatoms. The Morgan fingerprint density at radius 2 is 1.79 bits per heavy atom. The van der Waals surface area contributed by atoms with Crippen LogP contribution < -0.4 is 5.32 Å². The monoisotopic (exact) mass is 201 g/mol. The van der Waals surface area contributed by atoms with Gasteiger partial charge in [0.25, 0.3) is 0 Å². The van der Waals surface area contributed by atoms with Crippen LogP contribution in [0.5, 0.6) is 0 Å². The van der Waals surface area contributed by atoms with E-state index in [4.69, 9.17) is 5.11 Å². The highest BCUT2D eigenvalue weighted by Gasteiger charge is 2.17. The van der Waals surface area contributed by atoms with Gasteiger partial charge in [0.2, 0.25) is 0 Å². The third-order valence-corrected chi connectivity index (χ3v) is 3.02. The zero-order chi connectivity index (χ0) is 10.4. The molecule has 0 amide bonds. The van der Waals surface area contributed by atoms with Gasteiger partial charge in [-0.05, 0) is 13.6 Å². The molecule has 1 atom stereocenters. The predicted molar refractivity (Wildman–Crippen MR) is 58.5 cm³/mol. The zero-order valence-corrected chi connectivity index (χ0v) is 9.37. The predicted octanol–water partition coefficient (Wildman–Crippen LogP) is -0.796. The molecule has 1 unspecified atom stereocenters. The van der Waals surface area contributed by atoms with E-state index in [0.29, 0.717) is 0 Å². The maximum absolute atomic E-state index is 9.06. The smallest absolute Gasteiger partial charge is 0.0597 e. The Hall–Kier alpha value is -0.160. The topological polar surface area (TPSA) is 38.7 Å². The molecule has 1 fully saturated rings. The number of rotatable bonds is 5. The Kier molecular flexibility index (Phi) is 5.40. The standard InChI is InChI=1S/C10H23N3O/c1-3-12-4-6-13(7-5-12)8-10(9-14)11-2/h10-11,14H,3-9H2,1-2H3. The first-order valence-electron chi connectivity index (χ1n) is 5.53. The highest BCUT2D eigenvalue weighted by molar-refractivity contribution is 4.75. The summed E-state index contributed by atoms with van der Waals surface area (Å²) in [4.78, 5) is 4.88. The van der Waals surface area contributed by atoms with Gasteiger partial charge in [-0.25, -0.2) is 0 Å². The van der Waals surface area contributed by atoms with Crippen molar-refractivity contribution < 1.29 is 5.11 Å². The Labute approximate surface area is 86.9 Å². The largest absolute Gasteiger partial charge is 0.395 e. The summed E-state index contributed by atoms with van der Waals surface area (Å²) >= 11 is 0. The van der Waals surface area contributed by atoms with Crippen LogP contribution >= 0.6 is 0 Å². The van der Waals surface area contributed by atoms with Crippen molar-refractivity contribution in [2.45, 2.75) is 13.0 Å². The van der Waals surface area contributed by atoms with E-state index in [1.165, 1.54) is 13.1 Å². The molecule has 0 aromatic heterocycles. The molecule has 1 rings (SSSR count). The lowest BCUT2D eigenvalue weighted by atomic mass is 10.2. The van der Waals surface area contributed by atoms with E-state index in [-0.39, 0.29) is 12.6 Å². The van der Waals surface area contributed by atoms with Crippen molar-refractivity contribution in [2.75, 3.05) is 52.9 Å². The van der Waals surface area contributed by atoms with Crippen LogP contribution in [0.4, 0.5) is 0 Å². The van der Waals surface area contributed by atoms with Crippen LogP contribution in [0, 0.1) is 0 Å². The van der Waals surface area contributed by atoms with Crippen molar-refractivity contribution in [3.8, 4) is 0 Å². The van der Waals surface area contributed by atoms with Crippen molar-refractivity contribution in [1.29, 1.82) is 0 Å². The van der Waals surface area contributed by atoms with Crippen LogP contribution in [0.3, 0.4) is 0 Å². The second-order valence-electron chi connectivity index (χ2n) is 3.90. The second kappa shape index (κ2) is 6.35. The molecule has 0 aliphatic carbocycles. The summed E-state index contributed by atoms with van der Waals surface area (Å²) < 4.78 is 0. The number of hydrogen-bond donors (Lipinski definition) is 2. The molecule has 1 heterocycles. The van der Waals surface area contributed by atoms with Crippen LogP contribution in [-0.4, -0.2) is 73.9 Å². The summed E-state index contributed by atoms with van der Waals surface area (Å²) in [6.45, 7) is 9.15. The van der Waals surface area contributed by atoms with Gasteiger partial charge in [0.1, 0.15) is 0 Å². The van der Waals surface area contributed by atoms with Gasteiger partial charge in [-0.15, -0.1) is 0 Å². The summed E-state index contributed by atoms with van der Waals surface area (Å²) in [6, 6.07) is 0.225. The van der Waals surface area contributed by atoms with Gasteiger partial charge in [-0.3, -0.25) is 4.90 Å². The van der Waals surface area contributed by atoms with Gasteiger partial charge in [0.15, 0.2) is 0 Å². The Morgan fingerprint density at radius 3 is 2.21 bits per heavy atom. The average molecular weight is 201 g/mol. The number of nitrogens with zero attached hydrogens (tertiary/aromatic N) is 2. The molecule has 4 nitrogen and oxygen atoms in total. The number of aliphatic hydroxyl groups is 1. The summed E-state index contributed by atoms with van der Waals surface area (Å²) in [5.74, 6) is 0. The van der Waals surface area contributed by atoms with Crippen molar-refractivity contribution in [3.05, 3.63) is 0 Å². The molecule has 0 aromatic carbocycles. The fraction of sp³-hybridized carbons (Fsp3) is 1.00. The lowest BCUT2D eigenvalue weighted by Crippen LogP contribution is -2.50. The quantitative estimate of drug-likeness (QED) is 0.611. The van der Waals surface area contributed by atoms with E-state index in [1.807, 2.05) is 7.05 Å². The first-order chi connectivity index (χ1) is 6.80. The molecule has 84 valence electrons. The van der Waals surface area contributed by atoms with Gasteiger partial charge in [0.05, 0.1) is 6.61 Å². The van der Waals surface area contributed by atoms with Crippen LogP contribution in [0.25, 0.3) is 0 Å². The lowest BCUT2D eigenvalue weighted by molar-refractivity contribution is 0.115. The first kappa shape index (κ1) is 11.9. The number of aliphatic hydroxyl groups excluding tert-OH is 1. The zero-order valence-electron chi connectivity index (χ0n) is 9.37. The Balaban J connectivity index is 2.21. The van der Waals surface area contributed by atoms with E-state index >= 15 is 0 Å². The fourth-order valence-electron chi connectivity index (χ4n) is 1.84. The van der Waals surface area contributed by atoms with Crippen LogP contribution in [0.2, 0.25) is 0 Å². The second-order valence-corrected chi connectivity index (χ2v) is 3.90. The molecular weight excluding hydrogens is 178 g/mol. The third kappa shape index (κ3) is 3.53. The molecule has 1 aliphatic heterocycles. The normalized spacial score (nSPS) is 22.5. The van der Waals surface area contributed by atoms with Crippen molar-refractivity contribution in [3.63, 3.8) is 0 Å². The van der Waals surface area contributed by atoms with Crippen molar-refractivity contribution >= 4 is 0 Å². The maximum Gasteiger partial charge on any atom is 0.0597 e. The number of nitrogens with one attached hydrogen (secondary N) is 1. The van der Waals surface area contributed by atoms with Crippen LogP contribution in [0.1, 0.15) is 6.92 Å². The van der Waals surface area contributed by atoms with E-state index in [0.717, 1.165) is 26.2 Å². The van der Waals surface area contributed by atoms with Gasteiger partial charge in [0, 0.05) is 38.8 Å². The third-order valence-electron chi connectivity index (χ3n) is 3.02. The summed E-state index contributed by atoms with van der Waals surface area (Å²) in [6.07, 6.45) is 0. The minimum atomic E-state index is 0.225. The molecule has 2 N–H and O–H groups in total. The molecule has 0 saturated carbocycles. The molecule has 14 heavy (non-hydrogen) atoms. The number of piperazine rings is 1. The molecular formula is C10H23N3O. The first-order valence-corrected chi connectivity index (χ1v) is 5.53. The van der Waals surface area contributed by atoms with E-state index < -0.39 is 0 Å². The highest BCUT2D eigenvalue weighted by atomic mass is 16.3.